The number of nitrogens with two attached hydrogens (primary N) is 1. The van der Waals surface area contributed by atoms with Crippen molar-refractivity contribution in [2.75, 3.05) is 13.1 Å². The van der Waals surface area contributed by atoms with E-state index in [1.165, 1.54) is 17.7 Å². The first-order valence-electron chi connectivity index (χ1n) is 7.19. The molecule has 4 heteroatoms. The smallest absolute Gasteiger partial charge is 0.130 e. The molecule has 0 unspecified atom stereocenters. The lowest BCUT2D eigenvalue weighted by Crippen LogP contribution is -2.26. The lowest BCUT2D eigenvalue weighted by molar-refractivity contribution is 0.327. The molecule has 0 aliphatic carbocycles. The van der Waals surface area contributed by atoms with Crippen LogP contribution in [0.15, 0.2) is 48.5 Å². The van der Waals surface area contributed by atoms with Crippen LogP contribution in [-0.2, 0) is 6.54 Å². The molecule has 0 bridgehead atoms. The van der Waals surface area contributed by atoms with E-state index in [0.29, 0.717) is 17.5 Å². The molecule has 0 saturated carbocycles. The number of ether oxygens (including phenoxy) is 1. The van der Waals surface area contributed by atoms with Crippen molar-refractivity contribution in [1.82, 2.24) is 4.90 Å². The Labute approximate surface area is 124 Å². The van der Waals surface area contributed by atoms with Crippen molar-refractivity contribution >= 4 is 0 Å². The standard InChI is InChI=1S/C17H19FN2O/c18-14-2-1-3-17(10-14)21-16-6-4-13(5-7-16)11-20-9-8-15(19)12-20/h1-7,10,15H,8-9,11-12,19H2/t15-/m0/s1. The second-order valence-corrected chi connectivity index (χ2v) is 5.49. The molecule has 2 aromatic carbocycles. The number of rotatable bonds is 4. The van der Waals surface area contributed by atoms with Crippen LogP contribution in [0.5, 0.6) is 11.5 Å². The minimum Gasteiger partial charge on any atom is -0.457 e. The molecule has 1 heterocycles. The predicted molar refractivity (Wildman–Crippen MR) is 80.8 cm³/mol. The van der Waals surface area contributed by atoms with Gasteiger partial charge in [0.25, 0.3) is 0 Å². The summed E-state index contributed by atoms with van der Waals surface area (Å²) in [4.78, 5) is 2.35. The molecule has 1 fully saturated rings. The summed E-state index contributed by atoms with van der Waals surface area (Å²) in [6.07, 6.45) is 1.07. The number of benzene rings is 2. The van der Waals surface area contributed by atoms with E-state index in [9.17, 15) is 4.39 Å². The average Bonchev–Trinajstić information content (AvgIpc) is 2.86. The lowest BCUT2D eigenvalue weighted by Gasteiger charge is -2.15. The minimum atomic E-state index is -0.297. The van der Waals surface area contributed by atoms with Crippen LogP contribution in [0.1, 0.15) is 12.0 Å². The Hall–Kier alpha value is -1.91. The molecule has 0 amide bonds. The molecule has 110 valence electrons. The van der Waals surface area contributed by atoms with Crippen LogP contribution in [0, 0.1) is 5.82 Å². The molecule has 1 aliphatic heterocycles. The molecule has 3 nitrogen and oxygen atoms in total. The molecule has 2 aromatic rings. The van der Waals surface area contributed by atoms with Crippen LogP contribution in [0.25, 0.3) is 0 Å². The van der Waals surface area contributed by atoms with Crippen molar-refractivity contribution in [3.63, 3.8) is 0 Å². The van der Waals surface area contributed by atoms with Crippen LogP contribution < -0.4 is 10.5 Å². The zero-order valence-electron chi connectivity index (χ0n) is 11.8. The van der Waals surface area contributed by atoms with E-state index >= 15 is 0 Å². The summed E-state index contributed by atoms with van der Waals surface area (Å²) in [5.41, 5.74) is 7.14. The highest BCUT2D eigenvalue weighted by Gasteiger charge is 2.18. The third-order valence-electron chi connectivity index (χ3n) is 3.67. The van der Waals surface area contributed by atoms with Crippen LogP contribution in [0.3, 0.4) is 0 Å². The average molecular weight is 286 g/mol. The summed E-state index contributed by atoms with van der Waals surface area (Å²) in [5, 5.41) is 0. The van der Waals surface area contributed by atoms with E-state index in [2.05, 4.69) is 4.90 Å². The summed E-state index contributed by atoms with van der Waals surface area (Å²) < 4.78 is 18.7. The first-order chi connectivity index (χ1) is 10.2. The fourth-order valence-electron chi connectivity index (χ4n) is 2.59. The molecule has 1 atom stereocenters. The van der Waals surface area contributed by atoms with Crippen molar-refractivity contribution in [2.45, 2.75) is 19.0 Å². The third-order valence-corrected chi connectivity index (χ3v) is 3.67. The van der Waals surface area contributed by atoms with E-state index in [-0.39, 0.29) is 5.82 Å². The van der Waals surface area contributed by atoms with E-state index in [1.54, 1.807) is 12.1 Å². The lowest BCUT2D eigenvalue weighted by atomic mass is 10.2. The van der Waals surface area contributed by atoms with Gasteiger partial charge in [-0.05, 0) is 36.2 Å². The van der Waals surface area contributed by atoms with E-state index in [0.717, 1.165) is 26.1 Å². The molecule has 21 heavy (non-hydrogen) atoms. The van der Waals surface area contributed by atoms with E-state index in [4.69, 9.17) is 10.5 Å². The quantitative estimate of drug-likeness (QED) is 0.938. The third kappa shape index (κ3) is 3.80. The van der Waals surface area contributed by atoms with Crippen molar-refractivity contribution in [1.29, 1.82) is 0 Å². The highest BCUT2D eigenvalue weighted by atomic mass is 19.1. The zero-order valence-corrected chi connectivity index (χ0v) is 11.8. The topological polar surface area (TPSA) is 38.5 Å². The van der Waals surface area contributed by atoms with Gasteiger partial charge in [-0.25, -0.2) is 4.39 Å². The summed E-state index contributed by atoms with van der Waals surface area (Å²) in [7, 11) is 0. The van der Waals surface area contributed by atoms with Gasteiger partial charge in [0, 0.05) is 31.7 Å². The minimum absolute atomic E-state index is 0.297. The number of hydrogen-bond donors (Lipinski definition) is 1. The van der Waals surface area contributed by atoms with Crippen molar-refractivity contribution in [3.8, 4) is 11.5 Å². The second kappa shape index (κ2) is 6.24. The Morgan fingerprint density at radius 3 is 2.62 bits per heavy atom. The first kappa shape index (κ1) is 14.0. The Morgan fingerprint density at radius 1 is 1.14 bits per heavy atom. The van der Waals surface area contributed by atoms with Crippen LogP contribution >= 0.6 is 0 Å². The summed E-state index contributed by atoms with van der Waals surface area (Å²) >= 11 is 0. The molecule has 0 spiro atoms. The Balaban J connectivity index is 1.61. The molecule has 0 radical (unpaired) electrons. The fraction of sp³-hybridized carbons (Fsp3) is 0.294. The largest absolute Gasteiger partial charge is 0.457 e. The molecule has 1 aliphatic rings. The Kier molecular flexibility index (Phi) is 4.18. The highest BCUT2D eigenvalue weighted by Crippen LogP contribution is 2.23. The van der Waals surface area contributed by atoms with Gasteiger partial charge in [-0.3, -0.25) is 4.90 Å². The van der Waals surface area contributed by atoms with Crippen LogP contribution in [0.4, 0.5) is 4.39 Å². The maximum absolute atomic E-state index is 13.1. The summed E-state index contributed by atoms with van der Waals surface area (Å²) in [5.74, 6) is 0.922. The Morgan fingerprint density at radius 2 is 1.95 bits per heavy atom. The number of halogens is 1. The summed E-state index contributed by atoms with van der Waals surface area (Å²) in [6, 6.07) is 14.4. The van der Waals surface area contributed by atoms with Gasteiger partial charge in [-0.15, -0.1) is 0 Å². The predicted octanol–water partition coefficient (Wildman–Crippen LogP) is 3.15. The molecule has 0 aromatic heterocycles. The second-order valence-electron chi connectivity index (χ2n) is 5.49. The normalized spacial score (nSPS) is 18.9. The number of hydrogen-bond acceptors (Lipinski definition) is 3. The molecule has 2 N–H and O–H groups in total. The molecule has 3 rings (SSSR count). The van der Waals surface area contributed by atoms with Crippen LogP contribution in [-0.4, -0.2) is 24.0 Å². The highest BCUT2D eigenvalue weighted by molar-refractivity contribution is 5.33. The van der Waals surface area contributed by atoms with Gasteiger partial charge in [0.2, 0.25) is 0 Å². The number of likely N-dealkylation sites (tertiary alicyclic amines) is 1. The first-order valence-corrected chi connectivity index (χ1v) is 7.19. The van der Waals surface area contributed by atoms with Gasteiger partial charge in [0.15, 0.2) is 0 Å². The van der Waals surface area contributed by atoms with Gasteiger partial charge >= 0.3 is 0 Å². The van der Waals surface area contributed by atoms with Crippen molar-refractivity contribution < 1.29 is 9.13 Å². The SMILES string of the molecule is N[C@H]1CCN(Cc2ccc(Oc3cccc(F)c3)cc2)C1. The van der Waals surface area contributed by atoms with E-state index in [1.807, 2.05) is 24.3 Å². The maximum Gasteiger partial charge on any atom is 0.130 e. The van der Waals surface area contributed by atoms with Crippen molar-refractivity contribution in [3.05, 3.63) is 59.9 Å². The van der Waals surface area contributed by atoms with Gasteiger partial charge in [0.1, 0.15) is 17.3 Å². The zero-order chi connectivity index (χ0) is 14.7. The van der Waals surface area contributed by atoms with Gasteiger partial charge in [0.05, 0.1) is 0 Å². The molecular formula is C17H19FN2O. The Bertz CT molecular complexity index is 600. The summed E-state index contributed by atoms with van der Waals surface area (Å²) in [6.45, 7) is 2.93. The molecule has 1 saturated heterocycles. The van der Waals surface area contributed by atoms with Gasteiger partial charge in [-0.2, -0.15) is 0 Å². The number of nitrogens with zero attached hydrogens (tertiary/aromatic N) is 1. The van der Waals surface area contributed by atoms with Gasteiger partial charge in [-0.1, -0.05) is 18.2 Å². The van der Waals surface area contributed by atoms with Crippen molar-refractivity contribution in [2.24, 2.45) is 5.73 Å². The fourth-order valence-corrected chi connectivity index (χ4v) is 2.59. The van der Waals surface area contributed by atoms with E-state index < -0.39 is 0 Å². The maximum atomic E-state index is 13.1. The molecular weight excluding hydrogens is 267 g/mol. The van der Waals surface area contributed by atoms with Gasteiger partial charge < -0.3 is 10.5 Å². The van der Waals surface area contributed by atoms with Crippen LogP contribution in [0.2, 0.25) is 0 Å². The monoisotopic (exact) mass is 286 g/mol.